The van der Waals surface area contributed by atoms with Gasteiger partial charge in [0.05, 0.1) is 23.4 Å². The van der Waals surface area contributed by atoms with E-state index in [-0.39, 0.29) is 12.5 Å². The molecule has 0 fully saturated rings. The Balaban J connectivity index is 1.77. The lowest BCUT2D eigenvalue weighted by atomic mass is 10.1. The number of anilines is 3. The van der Waals surface area contributed by atoms with Crippen LogP contribution in [0.1, 0.15) is 34.6 Å². The van der Waals surface area contributed by atoms with Crippen LogP contribution in [0.4, 0.5) is 17.2 Å². The van der Waals surface area contributed by atoms with Crippen molar-refractivity contribution in [2.24, 2.45) is 0 Å². The average molecular weight is 389 g/mol. The fourth-order valence-electron chi connectivity index (χ4n) is 2.94. The molecule has 0 unspecified atom stereocenters. The van der Waals surface area contributed by atoms with Crippen molar-refractivity contribution in [3.8, 4) is 0 Å². The summed E-state index contributed by atoms with van der Waals surface area (Å²) in [5.41, 5.74) is 2.15. The average Bonchev–Trinajstić information content (AvgIpc) is 2.76. The van der Waals surface area contributed by atoms with Gasteiger partial charge in [-0.2, -0.15) is 0 Å². The maximum atomic E-state index is 12.7. The first-order valence-corrected chi connectivity index (χ1v) is 9.50. The van der Waals surface area contributed by atoms with Crippen LogP contribution in [0.3, 0.4) is 0 Å². The summed E-state index contributed by atoms with van der Waals surface area (Å²) in [5, 5.41) is 2.77. The number of nitrogens with one attached hydrogen (secondary N) is 1. The molecule has 6 nitrogen and oxygen atoms in total. The second-order valence-electron chi connectivity index (χ2n) is 6.21. The van der Waals surface area contributed by atoms with E-state index in [0.717, 1.165) is 18.1 Å². The van der Waals surface area contributed by atoms with E-state index in [1.807, 2.05) is 43.3 Å². The monoisotopic (exact) mass is 389 g/mol. The summed E-state index contributed by atoms with van der Waals surface area (Å²) in [4.78, 5) is 31.2. The highest BCUT2D eigenvalue weighted by molar-refractivity contribution is 6.07. The minimum Gasteiger partial charge on any atom is -0.462 e. The Morgan fingerprint density at radius 3 is 2.34 bits per heavy atom. The zero-order valence-corrected chi connectivity index (χ0v) is 16.5. The highest BCUT2D eigenvalue weighted by Crippen LogP contribution is 2.23. The van der Waals surface area contributed by atoms with Crippen LogP contribution in [0.15, 0.2) is 72.9 Å². The number of aromatic nitrogens is 1. The van der Waals surface area contributed by atoms with Crippen LogP contribution in [-0.4, -0.2) is 30.0 Å². The minimum absolute atomic E-state index is 0.266. The number of nitrogens with zero attached hydrogens (tertiary/aromatic N) is 2. The maximum absolute atomic E-state index is 12.7. The molecule has 1 aromatic heterocycles. The van der Waals surface area contributed by atoms with Gasteiger partial charge in [0.15, 0.2) is 0 Å². The van der Waals surface area contributed by atoms with Gasteiger partial charge in [0, 0.05) is 18.4 Å². The maximum Gasteiger partial charge on any atom is 0.340 e. The Kier molecular flexibility index (Phi) is 6.58. The van der Waals surface area contributed by atoms with Crippen molar-refractivity contribution < 1.29 is 14.3 Å². The molecule has 2 aromatic carbocycles. The van der Waals surface area contributed by atoms with Gasteiger partial charge in [-0.3, -0.25) is 4.79 Å². The fourth-order valence-corrected chi connectivity index (χ4v) is 2.94. The number of carbonyl (C=O) groups is 2. The quantitative estimate of drug-likeness (QED) is 0.595. The Morgan fingerprint density at radius 1 is 0.966 bits per heavy atom. The molecular weight excluding hydrogens is 366 g/mol. The molecule has 0 spiro atoms. The highest BCUT2D eigenvalue weighted by atomic mass is 16.5. The molecule has 29 heavy (non-hydrogen) atoms. The van der Waals surface area contributed by atoms with Gasteiger partial charge >= 0.3 is 5.97 Å². The molecule has 3 aromatic rings. The molecule has 0 radical (unpaired) electrons. The van der Waals surface area contributed by atoms with Crippen molar-refractivity contribution in [2.75, 3.05) is 23.4 Å². The predicted octanol–water partition coefficient (Wildman–Crippen LogP) is 4.67. The lowest BCUT2D eigenvalue weighted by molar-refractivity contribution is 0.0527. The fraction of sp³-hybridized carbons (Fsp3) is 0.174. The second-order valence-corrected chi connectivity index (χ2v) is 6.21. The predicted molar refractivity (Wildman–Crippen MR) is 114 cm³/mol. The molecule has 1 amide bonds. The molecule has 0 aliphatic rings. The second kappa shape index (κ2) is 9.50. The minimum atomic E-state index is -0.474. The lowest BCUT2D eigenvalue weighted by Gasteiger charge is -2.22. The molecule has 0 aliphatic carbocycles. The lowest BCUT2D eigenvalue weighted by Crippen LogP contribution is -2.19. The zero-order chi connectivity index (χ0) is 20.6. The molecule has 1 heterocycles. The van der Waals surface area contributed by atoms with E-state index in [0.29, 0.717) is 16.8 Å². The summed E-state index contributed by atoms with van der Waals surface area (Å²) in [5.74, 6) is -0.0657. The van der Waals surface area contributed by atoms with Gasteiger partial charge in [-0.1, -0.05) is 30.3 Å². The number of benzene rings is 2. The van der Waals surface area contributed by atoms with Crippen LogP contribution >= 0.6 is 0 Å². The van der Waals surface area contributed by atoms with E-state index >= 15 is 0 Å². The summed E-state index contributed by atoms with van der Waals surface area (Å²) >= 11 is 0. The highest BCUT2D eigenvalue weighted by Gasteiger charge is 2.16. The van der Waals surface area contributed by atoms with Crippen LogP contribution in [0, 0.1) is 0 Å². The normalized spacial score (nSPS) is 10.3. The Morgan fingerprint density at radius 2 is 1.69 bits per heavy atom. The third-order valence-corrected chi connectivity index (χ3v) is 4.34. The summed E-state index contributed by atoms with van der Waals surface area (Å²) in [6.07, 6.45) is 1.53. The molecular formula is C23H23N3O3. The van der Waals surface area contributed by atoms with E-state index in [9.17, 15) is 9.59 Å². The van der Waals surface area contributed by atoms with Crippen molar-refractivity contribution in [3.05, 3.63) is 84.1 Å². The van der Waals surface area contributed by atoms with Gasteiger partial charge in [-0.05, 0) is 50.2 Å². The molecule has 0 atom stereocenters. The van der Waals surface area contributed by atoms with E-state index in [4.69, 9.17) is 4.74 Å². The molecule has 3 rings (SSSR count). The zero-order valence-electron chi connectivity index (χ0n) is 16.5. The van der Waals surface area contributed by atoms with Crippen molar-refractivity contribution in [1.82, 2.24) is 4.98 Å². The SMILES string of the molecule is CCOC(=O)c1ccccc1NC(=O)c1ccc(N(CC)c2ccccc2)nc1. The third kappa shape index (κ3) is 4.79. The number of pyridine rings is 1. The molecule has 6 heteroatoms. The summed E-state index contributed by atoms with van der Waals surface area (Å²) < 4.78 is 5.04. The Labute approximate surface area is 170 Å². The smallest absolute Gasteiger partial charge is 0.340 e. The number of carbonyl (C=O) groups excluding carboxylic acids is 2. The first-order chi connectivity index (χ1) is 14.1. The number of amides is 1. The van der Waals surface area contributed by atoms with Crippen molar-refractivity contribution >= 4 is 29.1 Å². The van der Waals surface area contributed by atoms with Gasteiger partial charge in [-0.25, -0.2) is 9.78 Å². The van der Waals surface area contributed by atoms with E-state index < -0.39 is 5.97 Å². The Bertz CT molecular complexity index is 972. The van der Waals surface area contributed by atoms with Gasteiger partial charge in [-0.15, -0.1) is 0 Å². The van der Waals surface area contributed by atoms with Crippen LogP contribution in [0.5, 0.6) is 0 Å². The van der Waals surface area contributed by atoms with Crippen LogP contribution < -0.4 is 10.2 Å². The topological polar surface area (TPSA) is 71.5 Å². The van der Waals surface area contributed by atoms with Gasteiger partial charge < -0.3 is 15.0 Å². The summed E-state index contributed by atoms with van der Waals surface area (Å²) in [6.45, 7) is 4.79. The van der Waals surface area contributed by atoms with Crippen LogP contribution in [0.2, 0.25) is 0 Å². The Hall–Kier alpha value is -3.67. The van der Waals surface area contributed by atoms with Crippen molar-refractivity contribution in [3.63, 3.8) is 0 Å². The van der Waals surface area contributed by atoms with Crippen molar-refractivity contribution in [2.45, 2.75) is 13.8 Å². The summed E-state index contributed by atoms with van der Waals surface area (Å²) in [6, 6.07) is 20.2. The first kappa shape index (κ1) is 20.1. The van der Waals surface area contributed by atoms with E-state index in [2.05, 4.69) is 15.2 Å². The van der Waals surface area contributed by atoms with Gasteiger partial charge in [0.1, 0.15) is 5.82 Å². The van der Waals surface area contributed by atoms with Crippen LogP contribution in [-0.2, 0) is 4.74 Å². The molecule has 1 N–H and O–H groups in total. The largest absolute Gasteiger partial charge is 0.462 e. The van der Waals surface area contributed by atoms with Gasteiger partial charge in [0.25, 0.3) is 5.91 Å². The standard InChI is InChI=1S/C23H23N3O3/c1-3-26(18-10-6-5-7-11-18)21-15-14-17(16-24-21)22(27)25-20-13-9-8-12-19(20)23(28)29-4-2/h5-16H,3-4H2,1-2H3,(H,25,27). The van der Waals surface area contributed by atoms with E-state index in [1.54, 1.807) is 37.3 Å². The molecule has 0 saturated carbocycles. The molecule has 0 bridgehead atoms. The van der Waals surface area contributed by atoms with E-state index in [1.165, 1.54) is 6.20 Å². The third-order valence-electron chi connectivity index (χ3n) is 4.34. The number of rotatable bonds is 7. The number of hydrogen-bond donors (Lipinski definition) is 1. The number of para-hydroxylation sites is 2. The summed E-state index contributed by atoms with van der Waals surface area (Å²) in [7, 11) is 0. The molecule has 0 saturated heterocycles. The number of hydrogen-bond acceptors (Lipinski definition) is 5. The number of esters is 1. The molecule has 0 aliphatic heterocycles. The number of ether oxygens (including phenoxy) is 1. The first-order valence-electron chi connectivity index (χ1n) is 9.50. The molecule has 148 valence electrons. The van der Waals surface area contributed by atoms with Crippen molar-refractivity contribution in [1.29, 1.82) is 0 Å². The van der Waals surface area contributed by atoms with Gasteiger partial charge in [0.2, 0.25) is 0 Å². The van der Waals surface area contributed by atoms with Crippen LogP contribution in [0.25, 0.3) is 0 Å².